The summed E-state index contributed by atoms with van der Waals surface area (Å²) in [5.74, 6) is 1.58. The minimum Gasteiger partial charge on any atom is -0.465 e. The van der Waals surface area contributed by atoms with Crippen LogP contribution in [0.15, 0.2) is 0 Å². The third kappa shape index (κ3) is 2.82. The molecule has 96 valence electrons. The molecule has 3 heteroatoms. The fraction of sp³-hybridized carbons (Fsp3) is 0.929. The zero-order valence-electron chi connectivity index (χ0n) is 10.5. The van der Waals surface area contributed by atoms with Crippen LogP contribution in [0.5, 0.6) is 0 Å². The van der Waals surface area contributed by atoms with E-state index in [0.717, 1.165) is 24.7 Å². The van der Waals surface area contributed by atoms with E-state index in [1.54, 1.807) is 0 Å². The van der Waals surface area contributed by atoms with Crippen LogP contribution in [0, 0.1) is 11.8 Å². The summed E-state index contributed by atoms with van der Waals surface area (Å²) in [6, 6.07) is 0.576. The summed E-state index contributed by atoms with van der Waals surface area (Å²) in [6.07, 6.45) is 9.95. The molecule has 3 fully saturated rings. The molecular formula is C14H23NO2. The van der Waals surface area contributed by atoms with Crippen LogP contribution in [0.3, 0.4) is 0 Å². The molecule has 3 atom stereocenters. The summed E-state index contributed by atoms with van der Waals surface area (Å²) in [4.78, 5) is 11.9. The van der Waals surface area contributed by atoms with Crippen molar-refractivity contribution in [1.29, 1.82) is 0 Å². The molecule has 0 bridgehead atoms. The Morgan fingerprint density at radius 2 is 2.00 bits per heavy atom. The van der Waals surface area contributed by atoms with Crippen molar-refractivity contribution >= 4 is 5.97 Å². The average Bonchev–Trinajstić information content (AvgIpc) is 3.06. The van der Waals surface area contributed by atoms with E-state index in [4.69, 9.17) is 4.74 Å². The fourth-order valence-electron chi connectivity index (χ4n) is 3.34. The smallest absolute Gasteiger partial charge is 0.323 e. The van der Waals surface area contributed by atoms with Crippen LogP contribution >= 0.6 is 0 Å². The number of hydrogen-bond acceptors (Lipinski definition) is 3. The molecule has 3 nitrogen and oxygen atoms in total. The molecule has 0 radical (unpaired) electrons. The van der Waals surface area contributed by atoms with Crippen molar-refractivity contribution in [2.24, 2.45) is 11.8 Å². The van der Waals surface area contributed by atoms with Crippen molar-refractivity contribution in [3.05, 3.63) is 0 Å². The van der Waals surface area contributed by atoms with Crippen molar-refractivity contribution < 1.29 is 9.53 Å². The number of carbonyl (C=O) groups excluding carboxylic acids is 1. The highest BCUT2D eigenvalue weighted by Crippen LogP contribution is 2.34. The van der Waals surface area contributed by atoms with Crippen LogP contribution in [-0.4, -0.2) is 24.7 Å². The lowest BCUT2D eigenvalue weighted by Gasteiger charge is -2.24. The van der Waals surface area contributed by atoms with Gasteiger partial charge in [0.25, 0.3) is 0 Å². The molecular weight excluding hydrogens is 214 g/mol. The Hall–Kier alpha value is -0.570. The van der Waals surface area contributed by atoms with Crippen molar-refractivity contribution in [1.82, 2.24) is 5.32 Å². The predicted molar refractivity (Wildman–Crippen MR) is 65.6 cm³/mol. The molecule has 1 aliphatic heterocycles. The predicted octanol–water partition coefficient (Wildman–Crippen LogP) is 2.25. The normalized spacial score (nSPS) is 36.6. The van der Waals surface area contributed by atoms with Crippen molar-refractivity contribution in [3.63, 3.8) is 0 Å². The second-order valence-corrected chi connectivity index (χ2v) is 6.01. The van der Waals surface area contributed by atoms with E-state index >= 15 is 0 Å². The lowest BCUT2D eigenvalue weighted by atomic mass is 9.85. The van der Waals surface area contributed by atoms with Gasteiger partial charge in [0.1, 0.15) is 6.04 Å². The molecule has 17 heavy (non-hydrogen) atoms. The number of rotatable bonds is 4. The van der Waals surface area contributed by atoms with E-state index in [1.165, 1.54) is 38.5 Å². The Labute approximate surface area is 103 Å². The molecule has 2 aliphatic carbocycles. The summed E-state index contributed by atoms with van der Waals surface area (Å²) >= 11 is 0. The van der Waals surface area contributed by atoms with Crippen LogP contribution in [0.25, 0.3) is 0 Å². The first-order valence-corrected chi connectivity index (χ1v) is 7.25. The quantitative estimate of drug-likeness (QED) is 0.762. The Bertz CT molecular complexity index is 274. The third-order valence-electron chi connectivity index (χ3n) is 4.61. The van der Waals surface area contributed by atoms with Gasteiger partial charge in [-0.25, -0.2) is 0 Å². The molecule has 1 heterocycles. The molecule has 3 rings (SSSR count). The molecule has 1 saturated heterocycles. The highest BCUT2D eigenvalue weighted by atomic mass is 16.5. The summed E-state index contributed by atoms with van der Waals surface area (Å²) in [6.45, 7) is 0.636. The first-order valence-electron chi connectivity index (χ1n) is 7.25. The van der Waals surface area contributed by atoms with Gasteiger partial charge in [-0.15, -0.1) is 0 Å². The average molecular weight is 237 g/mol. The first kappa shape index (κ1) is 11.5. The van der Waals surface area contributed by atoms with Gasteiger partial charge >= 0.3 is 5.97 Å². The summed E-state index contributed by atoms with van der Waals surface area (Å²) in [5, 5.41) is 3.47. The molecule has 0 amide bonds. The largest absolute Gasteiger partial charge is 0.465 e. The van der Waals surface area contributed by atoms with Gasteiger partial charge < -0.3 is 10.1 Å². The second-order valence-electron chi connectivity index (χ2n) is 6.01. The standard InChI is InChI=1S/C14H23NO2/c16-14(17-8-7-10-5-6-10)13-9-11-3-1-2-4-12(11)15-13/h10-13,15H,1-9H2. The summed E-state index contributed by atoms with van der Waals surface area (Å²) in [5.41, 5.74) is 0. The van der Waals surface area contributed by atoms with Crippen LogP contribution in [0.2, 0.25) is 0 Å². The zero-order valence-corrected chi connectivity index (χ0v) is 10.5. The van der Waals surface area contributed by atoms with Crippen molar-refractivity contribution in [2.45, 2.75) is 63.5 Å². The van der Waals surface area contributed by atoms with Gasteiger partial charge in [0.05, 0.1) is 6.61 Å². The van der Waals surface area contributed by atoms with Gasteiger partial charge in [-0.3, -0.25) is 4.79 Å². The number of nitrogens with one attached hydrogen (secondary N) is 1. The van der Waals surface area contributed by atoms with E-state index in [2.05, 4.69) is 5.32 Å². The summed E-state index contributed by atoms with van der Waals surface area (Å²) < 4.78 is 5.38. The number of esters is 1. The highest BCUT2D eigenvalue weighted by Gasteiger charge is 2.38. The maximum absolute atomic E-state index is 11.9. The van der Waals surface area contributed by atoms with E-state index in [0.29, 0.717) is 12.6 Å². The highest BCUT2D eigenvalue weighted by molar-refractivity contribution is 5.76. The van der Waals surface area contributed by atoms with E-state index in [9.17, 15) is 4.79 Å². The second kappa shape index (κ2) is 4.97. The Kier molecular flexibility index (Phi) is 3.37. The van der Waals surface area contributed by atoms with Gasteiger partial charge in [-0.1, -0.05) is 25.7 Å². The maximum atomic E-state index is 11.9. The van der Waals surface area contributed by atoms with Crippen LogP contribution < -0.4 is 5.32 Å². The zero-order chi connectivity index (χ0) is 11.7. The van der Waals surface area contributed by atoms with Crippen molar-refractivity contribution in [2.75, 3.05) is 6.61 Å². The van der Waals surface area contributed by atoms with Crippen LogP contribution in [0.1, 0.15) is 51.4 Å². The molecule has 2 saturated carbocycles. The minimum atomic E-state index is -0.0118. The number of carbonyl (C=O) groups is 1. The van der Waals surface area contributed by atoms with E-state index in [-0.39, 0.29) is 12.0 Å². The molecule has 3 unspecified atom stereocenters. The van der Waals surface area contributed by atoms with E-state index < -0.39 is 0 Å². The first-order chi connectivity index (χ1) is 8.33. The molecule has 0 aromatic carbocycles. The van der Waals surface area contributed by atoms with Gasteiger partial charge in [0, 0.05) is 6.04 Å². The SMILES string of the molecule is O=C(OCCC1CC1)C1CC2CCCCC2N1. The number of hydrogen-bond donors (Lipinski definition) is 1. The summed E-state index contributed by atoms with van der Waals surface area (Å²) in [7, 11) is 0. The van der Waals surface area contributed by atoms with Crippen LogP contribution in [0.4, 0.5) is 0 Å². The monoisotopic (exact) mass is 237 g/mol. The minimum absolute atomic E-state index is 0.0000463. The molecule has 3 aliphatic rings. The van der Waals surface area contributed by atoms with Gasteiger partial charge in [0.15, 0.2) is 0 Å². The molecule has 0 aromatic heterocycles. The lowest BCUT2D eigenvalue weighted by molar-refractivity contribution is -0.146. The fourth-order valence-corrected chi connectivity index (χ4v) is 3.34. The molecule has 0 spiro atoms. The Morgan fingerprint density at radius 1 is 1.18 bits per heavy atom. The van der Waals surface area contributed by atoms with E-state index in [1.807, 2.05) is 0 Å². The Balaban J connectivity index is 1.42. The van der Waals surface area contributed by atoms with Gasteiger partial charge in [-0.05, 0) is 37.5 Å². The number of ether oxygens (including phenoxy) is 1. The van der Waals surface area contributed by atoms with Crippen LogP contribution in [-0.2, 0) is 9.53 Å². The lowest BCUT2D eigenvalue weighted by Crippen LogP contribution is -2.38. The van der Waals surface area contributed by atoms with Crippen molar-refractivity contribution in [3.8, 4) is 0 Å². The number of fused-ring (bicyclic) bond motifs is 1. The third-order valence-corrected chi connectivity index (χ3v) is 4.61. The topological polar surface area (TPSA) is 38.3 Å². The van der Waals surface area contributed by atoms with Gasteiger partial charge in [-0.2, -0.15) is 0 Å². The van der Waals surface area contributed by atoms with Gasteiger partial charge in [0.2, 0.25) is 0 Å². The molecule has 0 aromatic rings. The maximum Gasteiger partial charge on any atom is 0.323 e. The Morgan fingerprint density at radius 3 is 2.76 bits per heavy atom. The molecule has 1 N–H and O–H groups in total.